The van der Waals surface area contributed by atoms with Crippen molar-refractivity contribution in [2.24, 2.45) is 0 Å². The summed E-state index contributed by atoms with van der Waals surface area (Å²) >= 11 is 0. The molecule has 3 heterocycles. The number of carbonyl (C=O) groups excluding carboxylic acids is 4. The zero-order chi connectivity index (χ0) is 39.7. The van der Waals surface area contributed by atoms with Gasteiger partial charge in [-0.1, -0.05) is 65.9 Å². The Balaban J connectivity index is 1.54. The minimum absolute atomic E-state index is 0.00807. The van der Waals surface area contributed by atoms with Crippen molar-refractivity contribution < 1.29 is 37.5 Å². The van der Waals surface area contributed by atoms with E-state index in [1.165, 1.54) is 13.9 Å². The van der Waals surface area contributed by atoms with Crippen LogP contribution in [0.4, 0.5) is 0 Å². The summed E-state index contributed by atoms with van der Waals surface area (Å²) in [7, 11) is -2.08. The quantitative estimate of drug-likeness (QED) is 0.184. The summed E-state index contributed by atoms with van der Waals surface area (Å²) in [6.07, 6.45) is 3.45. The lowest BCUT2D eigenvalue weighted by Gasteiger charge is -2.30. The number of hydrogen-bond donors (Lipinski definition) is 5. The number of sulfonamides is 1. The normalized spacial score (nSPS) is 22.7. The van der Waals surface area contributed by atoms with Crippen molar-refractivity contribution in [3.05, 3.63) is 83.7 Å². The van der Waals surface area contributed by atoms with E-state index in [1.807, 2.05) is 30.3 Å². The van der Waals surface area contributed by atoms with Crippen LogP contribution >= 0.6 is 0 Å². The lowest BCUT2D eigenvalue weighted by molar-refractivity contribution is -0.143. The smallest absolute Gasteiger partial charge is 0.326 e. The number of aromatic nitrogens is 3. The lowest BCUT2D eigenvalue weighted by Crippen LogP contribution is -2.58. The van der Waals surface area contributed by atoms with E-state index in [9.17, 15) is 37.5 Å². The summed E-state index contributed by atoms with van der Waals surface area (Å²) in [6, 6.07) is 12.1. The zero-order valence-corrected chi connectivity index (χ0v) is 31.9. The van der Waals surface area contributed by atoms with Crippen LogP contribution in [0.2, 0.25) is 0 Å². The molecule has 0 aliphatic carbocycles. The van der Waals surface area contributed by atoms with Gasteiger partial charge in [-0.2, -0.15) is 4.31 Å². The standard InChI is InChI=1S/C37H49N9O8S/c1-24(38-2)33(47)41-31(19-26-14-8-5-9-15-26)36(50)45-23-28-20-32(45)35(49)40-30(18-25-12-6-4-7-13-25)34(48)39-29(37(51)52)16-10-11-17-44(55(3,53)54)21-27-22-46(28)43-42-27/h4-9,12-15,22,24,28-32,38H,10-11,16-21,23H2,1-3H3,(H,39,48)(H,40,49)(H,41,47)(H,51,52)/t24-,28-,29-,30-,31-,32-/m0/s1. The Kier molecular flexibility index (Phi) is 13.7. The maximum absolute atomic E-state index is 14.6. The predicted molar refractivity (Wildman–Crippen MR) is 201 cm³/mol. The third-order valence-corrected chi connectivity index (χ3v) is 11.3. The van der Waals surface area contributed by atoms with E-state index < -0.39 is 75.9 Å². The minimum Gasteiger partial charge on any atom is -0.480 e. The monoisotopic (exact) mass is 779 g/mol. The largest absolute Gasteiger partial charge is 0.480 e. The fourth-order valence-corrected chi connectivity index (χ4v) is 7.60. The van der Waals surface area contributed by atoms with Crippen LogP contribution in [0.3, 0.4) is 0 Å². The number of hydrogen-bond acceptors (Lipinski definition) is 10. The molecule has 1 fully saturated rings. The fraction of sp³-hybridized carbons (Fsp3) is 0.486. The molecule has 2 aliphatic heterocycles. The second-order valence-electron chi connectivity index (χ2n) is 14.1. The number of carboxylic acid groups (broad SMARTS) is 1. The van der Waals surface area contributed by atoms with E-state index >= 15 is 0 Å². The van der Waals surface area contributed by atoms with Crippen molar-refractivity contribution in [3.8, 4) is 0 Å². The molecule has 2 aromatic carbocycles. The van der Waals surface area contributed by atoms with Crippen molar-refractivity contribution in [2.75, 3.05) is 26.4 Å². The number of carbonyl (C=O) groups is 5. The molecular formula is C37H49N9O8S. The van der Waals surface area contributed by atoms with Crippen LogP contribution < -0.4 is 21.3 Å². The Labute approximate surface area is 320 Å². The van der Waals surface area contributed by atoms with Crippen molar-refractivity contribution in [1.29, 1.82) is 0 Å². The molecular weight excluding hydrogens is 731 g/mol. The summed E-state index contributed by atoms with van der Waals surface area (Å²) in [5.74, 6) is -3.62. The first-order valence-electron chi connectivity index (χ1n) is 18.3. The molecule has 1 saturated heterocycles. The molecule has 3 aromatic rings. The van der Waals surface area contributed by atoms with Crippen molar-refractivity contribution >= 4 is 39.6 Å². The number of fused-ring (bicyclic) bond motifs is 5. The van der Waals surface area contributed by atoms with Gasteiger partial charge in [0.15, 0.2) is 0 Å². The van der Waals surface area contributed by atoms with Gasteiger partial charge in [-0.25, -0.2) is 17.9 Å². The summed E-state index contributed by atoms with van der Waals surface area (Å²) in [4.78, 5) is 69.7. The van der Waals surface area contributed by atoms with Gasteiger partial charge in [0.05, 0.1) is 36.8 Å². The zero-order valence-electron chi connectivity index (χ0n) is 31.1. The highest BCUT2D eigenvalue weighted by Crippen LogP contribution is 2.29. The summed E-state index contributed by atoms with van der Waals surface area (Å²) in [5.41, 5.74) is 1.82. The number of nitrogens with zero attached hydrogens (tertiary/aromatic N) is 5. The highest BCUT2D eigenvalue weighted by Gasteiger charge is 2.44. The minimum atomic E-state index is -3.71. The Morgan fingerprint density at radius 3 is 2.29 bits per heavy atom. The number of likely N-dealkylation sites (N-methyl/N-ethyl adjacent to an activating group) is 1. The Bertz CT molecular complexity index is 1930. The molecule has 296 valence electrons. The van der Waals surface area contributed by atoms with E-state index in [0.717, 1.165) is 11.8 Å². The molecule has 5 rings (SSSR count). The molecule has 55 heavy (non-hydrogen) atoms. The van der Waals surface area contributed by atoms with Gasteiger partial charge in [-0.3, -0.25) is 19.2 Å². The topological polar surface area (TPSA) is 225 Å². The number of aliphatic carboxylic acids is 1. The summed E-state index contributed by atoms with van der Waals surface area (Å²) in [6.45, 7) is 1.61. The number of benzene rings is 2. The van der Waals surface area contributed by atoms with Crippen LogP contribution in [0.1, 0.15) is 55.5 Å². The SMILES string of the molecule is CN[C@@H](C)C(=O)N[C@@H](Cc1ccccc1)C(=O)N1C[C@@H]2C[C@H]1C(=O)N[C@@H](Cc1ccccc1)C(=O)N[C@H](C(=O)O)CCCCN(S(C)(=O)=O)Cc1cn2nn1. The molecule has 2 aliphatic rings. The third kappa shape index (κ3) is 10.9. The second-order valence-corrected chi connectivity index (χ2v) is 16.1. The molecule has 4 bridgehead atoms. The van der Waals surface area contributed by atoms with Crippen LogP contribution in [0, 0.1) is 0 Å². The first-order valence-corrected chi connectivity index (χ1v) is 20.1. The van der Waals surface area contributed by atoms with E-state index in [1.54, 1.807) is 50.5 Å². The number of likely N-dealkylation sites (tertiary alicyclic amines) is 1. The van der Waals surface area contributed by atoms with Crippen LogP contribution in [-0.2, 0) is 53.4 Å². The third-order valence-electron chi connectivity index (χ3n) is 10.0. The highest BCUT2D eigenvalue weighted by atomic mass is 32.2. The van der Waals surface area contributed by atoms with Gasteiger partial charge < -0.3 is 31.3 Å². The molecule has 5 N–H and O–H groups in total. The van der Waals surface area contributed by atoms with Crippen LogP contribution in [-0.4, -0.2) is 124 Å². The molecule has 17 nitrogen and oxygen atoms in total. The van der Waals surface area contributed by atoms with Gasteiger partial charge in [-0.15, -0.1) is 5.10 Å². The molecule has 6 atom stereocenters. The summed E-state index contributed by atoms with van der Waals surface area (Å²) < 4.78 is 28.2. The predicted octanol–water partition coefficient (Wildman–Crippen LogP) is -0.00210. The molecule has 0 spiro atoms. The maximum atomic E-state index is 14.6. The van der Waals surface area contributed by atoms with E-state index in [2.05, 4.69) is 31.6 Å². The number of carboxylic acids is 1. The number of rotatable bonds is 10. The molecule has 1 aromatic heterocycles. The molecule has 0 saturated carbocycles. The average molecular weight is 780 g/mol. The van der Waals surface area contributed by atoms with Crippen molar-refractivity contribution in [1.82, 2.24) is 45.5 Å². The summed E-state index contributed by atoms with van der Waals surface area (Å²) in [5, 5.41) is 29.6. The van der Waals surface area contributed by atoms with E-state index in [-0.39, 0.29) is 51.7 Å². The van der Waals surface area contributed by atoms with Gasteiger partial charge in [0.1, 0.15) is 24.2 Å². The fourth-order valence-electron chi connectivity index (χ4n) is 6.78. The Morgan fingerprint density at radius 1 is 0.982 bits per heavy atom. The Hall–Kier alpha value is -5.20. The van der Waals surface area contributed by atoms with E-state index in [0.29, 0.717) is 17.7 Å². The van der Waals surface area contributed by atoms with Crippen LogP contribution in [0.5, 0.6) is 0 Å². The molecule has 4 amide bonds. The van der Waals surface area contributed by atoms with Gasteiger partial charge >= 0.3 is 5.97 Å². The average Bonchev–Trinajstić information content (AvgIpc) is 3.82. The van der Waals surface area contributed by atoms with Crippen LogP contribution in [0.25, 0.3) is 0 Å². The number of nitrogens with one attached hydrogen (secondary N) is 4. The second kappa shape index (κ2) is 18.4. The first kappa shape index (κ1) is 41.0. The molecule has 0 radical (unpaired) electrons. The first-order chi connectivity index (χ1) is 26.2. The van der Waals surface area contributed by atoms with Crippen molar-refractivity contribution in [3.63, 3.8) is 0 Å². The lowest BCUT2D eigenvalue weighted by atomic mass is 10.0. The molecule has 18 heteroatoms. The van der Waals surface area contributed by atoms with Crippen LogP contribution in [0.15, 0.2) is 66.9 Å². The number of amides is 4. The Morgan fingerprint density at radius 2 is 1.65 bits per heavy atom. The van der Waals surface area contributed by atoms with Gasteiger partial charge in [0, 0.05) is 32.4 Å². The van der Waals surface area contributed by atoms with Gasteiger partial charge in [-0.05, 0) is 44.4 Å². The van der Waals surface area contributed by atoms with Crippen molar-refractivity contribution in [2.45, 2.75) is 88.2 Å². The molecule has 0 unspecified atom stereocenters. The maximum Gasteiger partial charge on any atom is 0.326 e. The van der Waals surface area contributed by atoms with Gasteiger partial charge in [0.2, 0.25) is 33.7 Å². The highest BCUT2D eigenvalue weighted by molar-refractivity contribution is 7.88. The van der Waals surface area contributed by atoms with Gasteiger partial charge in [0.25, 0.3) is 0 Å². The van der Waals surface area contributed by atoms with E-state index in [4.69, 9.17) is 0 Å².